The van der Waals surface area contributed by atoms with Crippen molar-refractivity contribution < 1.29 is 14.3 Å². The van der Waals surface area contributed by atoms with Crippen LogP contribution in [0.4, 0.5) is 0 Å². The van der Waals surface area contributed by atoms with Gasteiger partial charge in [-0.15, -0.1) is 0 Å². The standard InChI is InChI=1S/C23H21BrN6O3/c1-13-15-5-4-6-16(18-11-26-23(33-3)27-21(18)32-2)17(15)7-8-29(13)22(31)19-9-20-25-10-14(24)12-30(20)28-19/h4-6,9-13H,7-8H2,1-3H3. The largest absolute Gasteiger partial charge is 0.480 e. The van der Waals surface area contributed by atoms with Crippen LogP contribution in [0.5, 0.6) is 11.9 Å². The van der Waals surface area contributed by atoms with Crippen LogP contribution in [0.1, 0.15) is 34.6 Å². The Morgan fingerprint density at radius 2 is 2.00 bits per heavy atom. The second-order valence-electron chi connectivity index (χ2n) is 7.68. The maximum absolute atomic E-state index is 13.4. The quantitative estimate of drug-likeness (QED) is 0.414. The SMILES string of the molecule is COc1ncc(-c2cccc3c2CCN(C(=O)c2cc4ncc(Br)cn4n2)C3C)c(OC)n1. The number of ether oxygens (including phenoxy) is 2. The molecule has 1 unspecified atom stereocenters. The molecule has 1 aliphatic heterocycles. The molecule has 0 aliphatic carbocycles. The normalized spacial score (nSPS) is 15.4. The molecular formula is C23H21BrN6O3. The highest BCUT2D eigenvalue weighted by atomic mass is 79.9. The van der Waals surface area contributed by atoms with Crippen LogP contribution in [-0.2, 0) is 6.42 Å². The van der Waals surface area contributed by atoms with Crippen molar-refractivity contribution in [2.24, 2.45) is 0 Å². The fraction of sp³-hybridized carbons (Fsp3) is 0.261. The van der Waals surface area contributed by atoms with Gasteiger partial charge in [-0.2, -0.15) is 10.1 Å². The van der Waals surface area contributed by atoms with Crippen molar-refractivity contribution >= 4 is 27.5 Å². The summed E-state index contributed by atoms with van der Waals surface area (Å²) in [7, 11) is 3.09. The first kappa shape index (κ1) is 21.3. The van der Waals surface area contributed by atoms with Crippen LogP contribution in [0.3, 0.4) is 0 Å². The van der Waals surface area contributed by atoms with E-state index in [0.29, 0.717) is 30.2 Å². The Labute approximate surface area is 198 Å². The van der Waals surface area contributed by atoms with E-state index in [1.54, 1.807) is 36.3 Å². The number of carbonyl (C=O) groups excluding carboxylic acids is 1. The van der Waals surface area contributed by atoms with Gasteiger partial charge in [-0.25, -0.2) is 14.5 Å². The second-order valence-corrected chi connectivity index (χ2v) is 8.60. The van der Waals surface area contributed by atoms with Crippen molar-refractivity contribution in [1.82, 2.24) is 29.5 Å². The van der Waals surface area contributed by atoms with Gasteiger partial charge in [-0.1, -0.05) is 18.2 Å². The van der Waals surface area contributed by atoms with Crippen LogP contribution in [0, 0.1) is 0 Å². The summed E-state index contributed by atoms with van der Waals surface area (Å²) in [5, 5.41) is 4.43. The highest BCUT2D eigenvalue weighted by molar-refractivity contribution is 9.10. The Hall–Kier alpha value is -3.53. The van der Waals surface area contributed by atoms with Crippen LogP contribution in [0.15, 0.2) is 47.3 Å². The number of carbonyl (C=O) groups is 1. The molecule has 0 N–H and O–H groups in total. The first-order chi connectivity index (χ1) is 16.0. The fourth-order valence-electron chi connectivity index (χ4n) is 4.29. The summed E-state index contributed by atoms with van der Waals surface area (Å²) in [6.07, 6.45) is 5.87. The maximum Gasteiger partial charge on any atom is 0.319 e. The summed E-state index contributed by atoms with van der Waals surface area (Å²) in [6, 6.07) is 7.90. The van der Waals surface area contributed by atoms with E-state index in [0.717, 1.165) is 26.7 Å². The van der Waals surface area contributed by atoms with Gasteiger partial charge in [-0.3, -0.25) is 4.79 Å². The van der Waals surface area contributed by atoms with Gasteiger partial charge in [-0.05, 0) is 46.0 Å². The lowest BCUT2D eigenvalue weighted by molar-refractivity contribution is 0.0671. The first-order valence-corrected chi connectivity index (χ1v) is 11.2. The average Bonchev–Trinajstić information content (AvgIpc) is 3.26. The van der Waals surface area contributed by atoms with E-state index in [-0.39, 0.29) is 18.0 Å². The molecule has 5 rings (SSSR count). The molecule has 33 heavy (non-hydrogen) atoms. The topological polar surface area (TPSA) is 94.7 Å². The summed E-state index contributed by atoms with van der Waals surface area (Å²) in [5.74, 6) is 0.329. The molecule has 1 amide bonds. The number of halogens is 1. The fourth-order valence-corrected chi connectivity index (χ4v) is 4.59. The van der Waals surface area contributed by atoms with Crippen molar-refractivity contribution in [1.29, 1.82) is 0 Å². The van der Waals surface area contributed by atoms with Crippen molar-refractivity contribution in [3.05, 3.63) is 64.1 Å². The van der Waals surface area contributed by atoms with Crippen LogP contribution in [0.2, 0.25) is 0 Å². The van der Waals surface area contributed by atoms with E-state index >= 15 is 0 Å². The van der Waals surface area contributed by atoms with Gasteiger partial charge in [0.25, 0.3) is 5.91 Å². The molecule has 0 fully saturated rings. The predicted molar refractivity (Wildman–Crippen MR) is 124 cm³/mol. The monoisotopic (exact) mass is 508 g/mol. The lowest BCUT2D eigenvalue weighted by Gasteiger charge is -2.36. The number of benzene rings is 1. The van der Waals surface area contributed by atoms with Gasteiger partial charge in [0.05, 0.1) is 30.3 Å². The number of methoxy groups -OCH3 is 2. The van der Waals surface area contributed by atoms with E-state index < -0.39 is 0 Å². The van der Waals surface area contributed by atoms with Crippen LogP contribution < -0.4 is 9.47 Å². The molecule has 0 radical (unpaired) electrons. The number of hydrogen-bond donors (Lipinski definition) is 0. The maximum atomic E-state index is 13.4. The molecule has 4 aromatic rings. The molecule has 3 aromatic heterocycles. The number of amides is 1. The molecule has 0 bridgehead atoms. The first-order valence-electron chi connectivity index (χ1n) is 10.4. The summed E-state index contributed by atoms with van der Waals surface area (Å²) in [4.78, 5) is 28.1. The molecule has 0 saturated carbocycles. The highest BCUT2D eigenvalue weighted by Crippen LogP contribution is 2.39. The molecule has 1 atom stereocenters. The Bertz CT molecular complexity index is 1370. The number of nitrogens with zero attached hydrogens (tertiary/aromatic N) is 6. The third kappa shape index (κ3) is 3.70. The zero-order valence-electron chi connectivity index (χ0n) is 18.3. The van der Waals surface area contributed by atoms with Crippen molar-refractivity contribution in [2.45, 2.75) is 19.4 Å². The minimum Gasteiger partial charge on any atom is -0.480 e. The predicted octanol–water partition coefficient (Wildman–Crippen LogP) is 3.73. The number of fused-ring (bicyclic) bond motifs is 2. The molecule has 1 aromatic carbocycles. The van der Waals surface area contributed by atoms with E-state index in [1.807, 2.05) is 24.0 Å². The number of rotatable bonds is 4. The Morgan fingerprint density at radius 3 is 2.79 bits per heavy atom. The Morgan fingerprint density at radius 1 is 1.15 bits per heavy atom. The number of aromatic nitrogens is 5. The molecule has 9 nitrogen and oxygen atoms in total. The van der Waals surface area contributed by atoms with Gasteiger partial charge in [0, 0.05) is 31.2 Å². The molecule has 4 heterocycles. The Balaban J connectivity index is 1.50. The zero-order chi connectivity index (χ0) is 23.1. The van der Waals surface area contributed by atoms with Gasteiger partial charge >= 0.3 is 6.01 Å². The third-order valence-corrected chi connectivity index (χ3v) is 6.30. The van der Waals surface area contributed by atoms with Gasteiger partial charge in [0.15, 0.2) is 11.3 Å². The van der Waals surface area contributed by atoms with Crippen LogP contribution in [0.25, 0.3) is 16.8 Å². The molecule has 1 aliphatic rings. The van der Waals surface area contributed by atoms with E-state index in [4.69, 9.17) is 9.47 Å². The Kier molecular flexibility index (Phi) is 5.45. The summed E-state index contributed by atoms with van der Waals surface area (Å²) in [6.45, 7) is 2.60. The average molecular weight is 509 g/mol. The minimum absolute atomic E-state index is 0.120. The number of hydrogen-bond acceptors (Lipinski definition) is 7. The zero-order valence-corrected chi connectivity index (χ0v) is 19.9. The highest BCUT2D eigenvalue weighted by Gasteiger charge is 2.31. The molecule has 168 valence electrons. The third-order valence-electron chi connectivity index (χ3n) is 5.89. The molecule has 10 heteroatoms. The molecular weight excluding hydrogens is 488 g/mol. The molecule has 0 spiro atoms. The van der Waals surface area contributed by atoms with Gasteiger partial charge < -0.3 is 14.4 Å². The van der Waals surface area contributed by atoms with Crippen LogP contribution >= 0.6 is 15.9 Å². The van der Waals surface area contributed by atoms with Crippen molar-refractivity contribution in [2.75, 3.05) is 20.8 Å². The smallest absolute Gasteiger partial charge is 0.319 e. The van der Waals surface area contributed by atoms with E-state index in [1.165, 1.54) is 7.11 Å². The van der Waals surface area contributed by atoms with Gasteiger partial charge in [0.2, 0.25) is 5.88 Å². The van der Waals surface area contributed by atoms with Gasteiger partial charge in [0.1, 0.15) is 0 Å². The van der Waals surface area contributed by atoms with Crippen molar-refractivity contribution in [3.8, 4) is 23.0 Å². The second kappa shape index (κ2) is 8.43. The summed E-state index contributed by atoms with van der Waals surface area (Å²) >= 11 is 3.38. The summed E-state index contributed by atoms with van der Waals surface area (Å²) < 4.78 is 13.0. The summed E-state index contributed by atoms with van der Waals surface area (Å²) in [5.41, 5.74) is 5.01. The van der Waals surface area contributed by atoms with E-state index in [9.17, 15) is 4.79 Å². The van der Waals surface area contributed by atoms with Crippen LogP contribution in [-0.4, -0.2) is 56.1 Å². The minimum atomic E-state index is -0.129. The lowest BCUT2D eigenvalue weighted by atomic mass is 9.87. The molecule has 0 saturated heterocycles. The van der Waals surface area contributed by atoms with Crippen molar-refractivity contribution in [3.63, 3.8) is 0 Å². The lowest BCUT2D eigenvalue weighted by Crippen LogP contribution is -2.39. The van der Waals surface area contributed by atoms with E-state index in [2.05, 4.69) is 42.0 Å².